The fraction of sp³-hybridized carbons (Fsp3) is 0.333. The van der Waals surface area contributed by atoms with Crippen LogP contribution in [-0.4, -0.2) is 6.61 Å². The van der Waals surface area contributed by atoms with Gasteiger partial charge in [0, 0.05) is 17.3 Å². The molecule has 2 rings (SSSR count). The summed E-state index contributed by atoms with van der Waals surface area (Å²) in [5.74, 6) is 1.60. The maximum Gasteiger partial charge on any atom is 0.119 e. The van der Waals surface area contributed by atoms with Gasteiger partial charge in [-0.25, -0.2) is 0 Å². The molecule has 0 saturated heterocycles. The summed E-state index contributed by atoms with van der Waals surface area (Å²) in [5.41, 5.74) is 2.24. The van der Waals surface area contributed by atoms with E-state index in [2.05, 4.69) is 31.3 Å². The van der Waals surface area contributed by atoms with Gasteiger partial charge in [0.1, 0.15) is 5.75 Å². The Kier molecular flexibility index (Phi) is 5.94. The average Bonchev–Trinajstić information content (AvgIpc) is 2.46. The van der Waals surface area contributed by atoms with Crippen molar-refractivity contribution in [3.8, 4) is 5.75 Å². The third kappa shape index (κ3) is 5.68. The van der Waals surface area contributed by atoms with Crippen molar-refractivity contribution in [2.75, 3.05) is 11.9 Å². The van der Waals surface area contributed by atoms with Crippen LogP contribution < -0.4 is 10.1 Å². The molecule has 112 valence electrons. The van der Waals surface area contributed by atoms with Crippen molar-refractivity contribution in [2.24, 2.45) is 5.92 Å². The summed E-state index contributed by atoms with van der Waals surface area (Å²) < 4.78 is 5.71. The van der Waals surface area contributed by atoms with Crippen molar-refractivity contribution in [3.05, 3.63) is 59.1 Å². The predicted molar refractivity (Wildman–Crippen MR) is 90.2 cm³/mol. The van der Waals surface area contributed by atoms with Gasteiger partial charge in [0.15, 0.2) is 0 Å². The molecule has 0 saturated carbocycles. The van der Waals surface area contributed by atoms with Gasteiger partial charge in [0.25, 0.3) is 0 Å². The SMILES string of the molecule is CC(C)CCOc1ccc(CNc2cccc(Cl)c2)cc1. The number of rotatable bonds is 7. The number of benzene rings is 2. The van der Waals surface area contributed by atoms with Crippen LogP contribution >= 0.6 is 11.6 Å². The van der Waals surface area contributed by atoms with Gasteiger partial charge >= 0.3 is 0 Å². The second kappa shape index (κ2) is 7.94. The van der Waals surface area contributed by atoms with Gasteiger partial charge < -0.3 is 10.1 Å². The van der Waals surface area contributed by atoms with E-state index in [1.807, 2.05) is 36.4 Å². The molecule has 0 spiro atoms. The van der Waals surface area contributed by atoms with Crippen molar-refractivity contribution in [1.29, 1.82) is 0 Å². The van der Waals surface area contributed by atoms with Crippen LogP contribution in [0.25, 0.3) is 0 Å². The molecular weight excluding hydrogens is 282 g/mol. The molecule has 0 fully saturated rings. The van der Waals surface area contributed by atoms with E-state index in [0.29, 0.717) is 5.92 Å². The van der Waals surface area contributed by atoms with E-state index in [9.17, 15) is 0 Å². The van der Waals surface area contributed by atoms with Crippen molar-refractivity contribution < 1.29 is 4.74 Å². The molecule has 3 heteroatoms. The number of hydrogen-bond donors (Lipinski definition) is 1. The van der Waals surface area contributed by atoms with Crippen LogP contribution in [0.3, 0.4) is 0 Å². The molecular formula is C18H22ClNO. The maximum atomic E-state index is 5.96. The highest BCUT2D eigenvalue weighted by Crippen LogP contribution is 2.17. The van der Waals surface area contributed by atoms with E-state index in [1.54, 1.807) is 0 Å². The Balaban J connectivity index is 1.82. The van der Waals surface area contributed by atoms with E-state index in [-0.39, 0.29) is 0 Å². The third-order valence-electron chi connectivity index (χ3n) is 3.21. The highest BCUT2D eigenvalue weighted by atomic mass is 35.5. The van der Waals surface area contributed by atoms with Crippen LogP contribution in [-0.2, 0) is 6.54 Å². The monoisotopic (exact) mass is 303 g/mol. The van der Waals surface area contributed by atoms with Crippen LogP contribution in [0.1, 0.15) is 25.8 Å². The largest absolute Gasteiger partial charge is 0.494 e. The van der Waals surface area contributed by atoms with Crippen LogP contribution in [0, 0.1) is 5.92 Å². The Morgan fingerprint density at radius 1 is 1.10 bits per heavy atom. The van der Waals surface area contributed by atoms with Crippen LogP contribution in [0.2, 0.25) is 5.02 Å². The average molecular weight is 304 g/mol. The lowest BCUT2D eigenvalue weighted by Crippen LogP contribution is -2.02. The standard InChI is InChI=1S/C18H22ClNO/c1-14(2)10-11-21-18-8-6-15(7-9-18)13-20-17-5-3-4-16(19)12-17/h3-9,12,14,20H,10-11,13H2,1-2H3. The molecule has 0 radical (unpaired) electrons. The van der Waals surface area contributed by atoms with Crippen molar-refractivity contribution in [3.63, 3.8) is 0 Å². The van der Waals surface area contributed by atoms with E-state index >= 15 is 0 Å². The molecule has 0 aromatic heterocycles. The summed E-state index contributed by atoms with van der Waals surface area (Å²) in [5, 5.41) is 4.10. The minimum absolute atomic E-state index is 0.672. The van der Waals surface area contributed by atoms with Crippen molar-refractivity contribution >= 4 is 17.3 Å². The number of ether oxygens (including phenoxy) is 1. The zero-order chi connectivity index (χ0) is 15.1. The topological polar surface area (TPSA) is 21.3 Å². The summed E-state index contributed by atoms with van der Waals surface area (Å²) in [6, 6.07) is 16.0. The number of nitrogens with one attached hydrogen (secondary N) is 1. The molecule has 21 heavy (non-hydrogen) atoms. The van der Waals surface area contributed by atoms with Crippen molar-refractivity contribution in [2.45, 2.75) is 26.8 Å². The normalized spacial score (nSPS) is 10.7. The number of hydrogen-bond acceptors (Lipinski definition) is 2. The molecule has 0 amide bonds. The molecule has 2 nitrogen and oxygen atoms in total. The second-order valence-electron chi connectivity index (χ2n) is 5.54. The maximum absolute atomic E-state index is 5.96. The minimum atomic E-state index is 0.672. The second-order valence-corrected chi connectivity index (χ2v) is 5.98. The number of halogens is 1. The van der Waals surface area contributed by atoms with Gasteiger partial charge in [0.05, 0.1) is 6.61 Å². The van der Waals surface area contributed by atoms with Gasteiger partial charge in [-0.3, -0.25) is 0 Å². The molecule has 0 bridgehead atoms. The minimum Gasteiger partial charge on any atom is -0.494 e. The Labute approximate surface area is 132 Å². The smallest absolute Gasteiger partial charge is 0.119 e. The highest BCUT2D eigenvalue weighted by molar-refractivity contribution is 6.30. The summed E-state index contributed by atoms with van der Waals surface area (Å²) in [6.45, 7) is 5.95. The van der Waals surface area contributed by atoms with Gasteiger partial charge in [-0.1, -0.05) is 43.6 Å². The molecule has 2 aromatic carbocycles. The number of anilines is 1. The van der Waals surface area contributed by atoms with E-state index in [4.69, 9.17) is 16.3 Å². The molecule has 0 atom stereocenters. The van der Waals surface area contributed by atoms with E-state index in [0.717, 1.165) is 36.0 Å². The summed E-state index contributed by atoms with van der Waals surface area (Å²) >= 11 is 5.96. The predicted octanol–water partition coefficient (Wildman–Crippen LogP) is 5.38. The zero-order valence-electron chi connectivity index (χ0n) is 12.6. The fourth-order valence-corrected chi connectivity index (χ4v) is 2.11. The first kappa shape index (κ1) is 15.7. The van der Waals surface area contributed by atoms with Gasteiger partial charge in [-0.2, -0.15) is 0 Å². The first-order valence-electron chi connectivity index (χ1n) is 7.34. The lowest BCUT2D eigenvalue weighted by molar-refractivity contribution is 0.289. The Hall–Kier alpha value is -1.67. The van der Waals surface area contributed by atoms with Crippen LogP contribution in [0.4, 0.5) is 5.69 Å². The van der Waals surface area contributed by atoms with Crippen molar-refractivity contribution in [1.82, 2.24) is 0 Å². The van der Waals surface area contributed by atoms with Gasteiger partial charge in [0.2, 0.25) is 0 Å². The van der Waals surface area contributed by atoms with Gasteiger partial charge in [-0.05, 0) is 48.2 Å². The third-order valence-corrected chi connectivity index (χ3v) is 3.44. The lowest BCUT2D eigenvalue weighted by atomic mass is 10.1. The lowest BCUT2D eigenvalue weighted by Gasteiger charge is -2.10. The Morgan fingerprint density at radius 2 is 1.86 bits per heavy atom. The summed E-state index contributed by atoms with van der Waals surface area (Å²) in [6.07, 6.45) is 1.08. The molecule has 0 aliphatic carbocycles. The molecule has 2 aromatic rings. The fourth-order valence-electron chi connectivity index (χ4n) is 1.92. The molecule has 0 aliphatic rings. The van der Waals surface area contributed by atoms with Gasteiger partial charge in [-0.15, -0.1) is 0 Å². The Morgan fingerprint density at radius 3 is 2.52 bits per heavy atom. The highest BCUT2D eigenvalue weighted by Gasteiger charge is 1.99. The Bertz CT molecular complexity index is 551. The molecule has 0 unspecified atom stereocenters. The molecule has 1 N–H and O–H groups in total. The zero-order valence-corrected chi connectivity index (χ0v) is 13.4. The summed E-state index contributed by atoms with van der Waals surface area (Å²) in [4.78, 5) is 0. The van der Waals surface area contributed by atoms with E-state index < -0.39 is 0 Å². The van der Waals surface area contributed by atoms with Crippen LogP contribution in [0.15, 0.2) is 48.5 Å². The van der Waals surface area contributed by atoms with Crippen LogP contribution in [0.5, 0.6) is 5.75 Å². The first-order chi connectivity index (χ1) is 10.1. The van der Waals surface area contributed by atoms with E-state index in [1.165, 1.54) is 5.56 Å². The first-order valence-corrected chi connectivity index (χ1v) is 7.72. The molecule has 0 heterocycles. The quantitative estimate of drug-likeness (QED) is 0.741. The molecule has 0 aliphatic heterocycles. The summed E-state index contributed by atoms with van der Waals surface area (Å²) in [7, 11) is 0.